The number of rotatable bonds is 0. The number of Topliss-reactive ketones (excluding diaryl/α,β-unsaturated/α-hetero) is 3. The van der Waals surface area contributed by atoms with Gasteiger partial charge in [0.1, 0.15) is 5.78 Å². The molecule has 118 valence electrons. The maximum absolute atomic E-state index is 12.3. The number of hydrogen-bond acceptors (Lipinski definition) is 3. The zero-order valence-electron chi connectivity index (χ0n) is 13.4. The molecular weight excluding hydrogens is 276 g/mol. The van der Waals surface area contributed by atoms with Gasteiger partial charge in [0, 0.05) is 24.2 Å². The molecule has 0 spiro atoms. The minimum Gasteiger partial charge on any atom is -0.299 e. The Balaban J connectivity index is 1.74. The Kier molecular flexibility index (Phi) is 2.87. The first-order chi connectivity index (χ1) is 10.4. The van der Waals surface area contributed by atoms with Crippen molar-refractivity contribution in [2.24, 2.45) is 34.5 Å². The van der Waals surface area contributed by atoms with Gasteiger partial charge in [-0.15, -0.1) is 0 Å². The molecule has 3 heteroatoms. The molecule has 0 aromatic carbocycles. The van der Waals surface area contributed by atoms with Crippen LogP contribution in [-0.4, -0.2) is 17.3 Å². The molecule has 0 bridgehead atoms. The molecule has 3 nitrogen and oxygen atoms in total. The SMILES string of the molecule is C[C@]12CCC(=O)C(=O)C1C=C[C@@H]1[C@@H]2CC[C@]2(C)C(=O)CC[C@@H]12. The standard InChI is InChI=1S/C19H24O3/c1-18-10-8-15(20)17(22)14(18)4-3-11-12-5-6-16(21)19(12,2)9-7-13(11)18/h3-4,11-14H,5-10H2,1-2H3/t11-,12-,13-,14?,18+,19-/m0/s1. The molecule has 0 aromatic heterocycles. The van der Waals surface area contributed by atoms with E-state index in [2.05, 4.69) is 19.9 Å². The van der Waals surface area contributed by atoms with Crippen LogP contribution in [-0.2, 0) is 14.4 Å². The predicted molar refractivity (Wildman–Crippen MR) is 82.0 cm³/mol. The van der Waals surface area contributed by atoms with Gasteiger partial charge in [0.15, 0.2) is 5.78 Å². The molecule has 0 saturated heterocycles. The van der Waals surface area contributed by atoms with Crippen LogP contribution in [0.1, 0.15) is 52.4 Å². The van der Waals surface area contributed by atoms with Crippen LogP contribution in [0.3, 0.4) is 0 Å². The van der Waals surface area contributed by atoms with Gasteiger partial charge in [0.25, 0.3) is 0 Å². The van der Waals surface area contributed by atoms with E-state index in [-0.39, 0.29) is 28.3 Å². The highest BCUT2D eigenvalue weighted by Crippen LogP contribution is 2.62. The topological polar surface area (TPSA) is 51.2 Å². The third-order valence-corrected chi connectivity index (χ3v) is 7.57. The molecule has 6 atom stereocenters. The molecule has 4 aliphatic rings. The van der Waals surface area contributed by atoms with Gasteiger partial charge in [-0.2, -0.15) is 0 Å². The average molecular weight is 300 g/mol. The van der Waals surface area contributed by atoms with Crippen molar-refractivity contribution in [1.82, 2.24) is 0 Å². The van der Waals surface area contributed by atoms with Crippen molar-refractivity contribution >= 4 is 17.3 Å². The maximum atomic E-state index is 12.3. The van der Waals surface area contributed by atoms with Gasteiger partial charge in [-0.3, -0.25) is 14.4 Å². The lowest BCUT2D eigenvalue weighted by Gasteiger charge is -2.56. The molecule has 0 N–H and O–H groups in total. The lowest BCUT2D eigenvalue weighted by Crippen LogP contribution is -2.54. The van der Waals surface area contributed by atoms with Crippen molar-refractivity contribution in [2.45, 2.75) is 52.4 Å². The van der Waals surface area contributed by atoms with Gasteiger partial charge >= 0.3 is 0 Å². The van der Waals surface area contributed by atoms with Gasteiger partial charge in [-0.25, -0.2) is 0 Å². The fourth-order valence-electron chi connectivity index (χ4n) is 6.10. The summed E-state index contributed by atoms with van der Waals surface area (Å²) in [6.45, 7) is 4.36. The third-order valence-electron chi connectivity index (χ3n) is 7.57. The lowest BCUT2D eigenvalue weighted by atomic mass is 9.47. The summed E-state index contributed by atoms with van der Waals surface area (Å²) in [4.78, 5) is 36.5. The molecule has 3 saturated carbocycles. The minimum absolute atomic E-state index is 0.0859. The van der Waals surface area contributed by atoms with Gasteiger partial charge in [-0.05, 0) is 48.9 Å². The van der Waals surface area contributed by atoms with E-state index in [0.717, 1.165) is 32.1 Å². The van der Waals surface area contributed by atoms with Gasteiger partial charge in [0.2, 0.25) is 5.78 Å². The molecule has 1 unspecified atom stereocenters. The Hall–Kier alpha value is -1.25. The van der Waals surface area contributed by atoms with Crippen LogP contribution in [0.25, 0.3) is 0 Å². The van der Waals surface area contributed by atoms with E-state index >= 15 is 0 Å². The van der Waals surface area contributed by atoms with Crippen LogP contribution in [0, 0.1) is 34.5 Å². The zero-order chi connectivity index (χ0) is 15.7. The first-order valence-corrected chi connectivity index (χ1v) is 8.66. The number of carbonyl (C=O) groups is 3. The Bertz CT molecular complexity index is 604. The summed E-state index contributed by atoms with van der Waals surface area (Å²) >= 11 is 0. The van der Waals surface area contributed by atoms with E-state index in [1.165, 1.54) is 0 Å². The van der Waals surface area contributed by atoms with Crippen LogP contribution < -0.4 is 0 Å². The summed E-state index contributed by atoms with van der Waals surface area (Å²) < 4.78 is 0. The van der Waals surface area contributed by atoms with E-state index in [1.54, 1.807) is 0 Å². The molecule has 0 aromatic rings. The van der Waals surface area contributed by atoms with Crippen molar-refractivity contribution in [3.8, 4) is 0 Å². The molecule has 0 amide bonds. The summed E-state index contributed by atoms with van der Waals surface area (Å²) in [6, 6.07) is 0. The van der Waals surface area contributed by atoms with E-state index < -0.39 is 0 Å². The number of hydrogen-bond donors (Lipinski definition) is 0. The summed E-state index contributed by atoms with van der Waals surface area (Å²) in [6.07, 6.45) is 9.11. The van der Waals surface area contributed by atoms with E-state index in [4.69, 9.17) is 0 Å². The number of carbonyl (C=O) groups excluding carboxylic acids is 3. The number of ketones is 3. The average Bonchev–Trinajstić information content (AvgIpc) is 2.79. The minimum atomic E-state index is -0.225. The highest BCUT2D eigenvalue weighted by Gasteiger charge is 2.60. The highest BCUT2D eigenvalue weighted by atomic mass is 16.2. The number of allylic oxidation sites excluding steroid dienone is 2. The van der Waals surface area contributed by atoms with E-state index in [1.807, 2.05) is 6.08 Å². The first-order valence-electron chi connectivity index (χ1n) is 8.66. The molecule has 22 heavy (non-hydrogen) atoms. The summed E-state index contributed by atoms with van der Waals surface area (Å²) in [5.41, 5.74) is -0.236. The Labute approximate surface area is 131 Å². The second-order valence-electron chi connectivity index (χ2n) is 8.36. The monoisotopic (exact) mass is 300 g/mol. The van der Waals surface area contributed by atoms with Crippen molar-refractivity contribution in [2.75, 3.05) is 0 Å². The molecule has 0 heterocycles. The third kappa shape index (κ3) is 1.60. The molecule has 0 radical (unpaired) electrons. The van der Waals surface area contributed by atoms with Gasteiger partial charge < -0.3 is 0 Å². The Morgan fingerprint density at radius 1 is 0.955 bits per heavy atom. The summed E-state index contributed by atoms with van der Waals surface area (Å²) in [7, 11) is 0. The molecular formula is C19H24O3. The maximum Gasteiger partial charge on any atom is 0.205 e. The second kappa shape index (κ2) is 4.39. The Morgan fingerprint density at radius 2 is 1.73 bits per heavy atom. The molecule has 4 rings (SSSR count). The van der Waals surface area contributed by atoms with Crippen LogP contribution in [0.4, 0.5) is 0 Å². The van der Waals surface area contributed by atoms with Crippen LogP contribution in [0.5, 0.6) is 0 Å². The predicted octanol–water partition coefficient (Wildman–Crippen LogP) is 3.12. The molecule has 0 aliphatic heterocycles. The zero-order valence-corrected chi connectivity index (χ0v) is 13.4. The molecule has 4 aliphatic carbocycles. The quantitative estimate of drug-likeness (QED) is 0.510. The molecule has 3 fully saturated rings. The number of fused-ring (bicyclic) bond motifs is 5. The lowest BCUT2D eigenvalue weighted by molar-refractivity contribution is -0.149. The summed E-state index contributed by atoms with van der Waals surface area (Å²) in [5, 5.41) is 0. The van der Waals surface area contributed by atoms with E-state index in [9.17, 15) is 14.4 Å². The first kappa shape index (κ1) is 14.3. The van der Waals surface area contributed by atoms with Crippen LogP contribution in [0.2, 0.25) is 0 Å². The summed E-state index contributed by atoms with van der Waals surface area (Å²) in [5.74, 6) is 1.13. The largest absolute Gasteiger partial charge is 0.299 e. The van der Waals surface area contributed by atoms with Crippen molar-refractivity contribution in [1.29, 1.82) is 0 Å². The van der Waals surface area contributed by atoms with Crippen molar-refractivity contribution in [3.63, 3.8) is 0 Å². The van der Waals surface area contributed by atoms with Crippen molar-refractivity contribution in [3.05, 3.63) is 12.2 Å². The normalized spacial score (nSPS) is 50.5. The van der Waals surface area contributed by atoms with E-state index in [0.29, 0.717) is 30.0 Å². The van der Waals surface area contributed by atoms with Gasteiger partial charge in [-0.1, -0.05) is 26.0 Å². The van der Waals surface area contributed by atoms with Crippen molar-refractivity contribution < 1.29 is 14.4 Å². The fourth-order valence-corrected chi connectivity index (χ4v) is 6.10. The van der Waals surface area contributed by atoms with Crippen LogP contribution in [0.15, 0.2) is 12.2 Å². The Morgan fingerprint density at radius 3 is 2.50 bits per heavy atom. The second-order valence-corrected chi connectivity index (χ2v) is 8.36. The van der Waals surface area contributed by atoms with Crippen LogP contribution >= 0.6 is 0 Å². The highest BCUT2D eigenvalue weighted by molar-refractivity contribution is 6.39. The fraction of sp³-hybridized carbons (Fsp3) is 0.737. The van der Waals surface area contributed by atoms with Gasteiger partial charge in [0.05, 0.1) is 0 Å². The smallest absolute Gasteiger partial charge is 0.205 e.